The van der Waals surface area contributed by atoms with Gasteiger partial charge in [0.1, 0.15) is 5.01 Å². The summed E-state index contributed by atoms with van der Waals surface area (Å²) in [5, 5.41) is 5.00. The van der Waals surface area contributed by atoms with Crippen molar-refractivity contribution in [3.63, 3.8) is 0 Å². The van der Waals surface area contributed by atoms with Crippen LogP contribution >= 0.6 is 11.3 Å². The predicted octanol–water partition coefficient (Wildman–Crippen LogP) is 3.10. The van der Waals surface area contributed by atoms with E-state index in [9.17, 15) is 0 Å². The molecule has 0 aromatic carbocycles. The first kappa shape index (κ1) is 13.5. The molecule has 1 aliphatic heterocycles. The van der Waals surface area contributed by atoms with Crippen molar-refractivity contribution in [3.8, 4) is 0 Å². The molecule has 2 aliphatic rings. The monoisotopic (exact) mass is 280 g/mol. The van der Waals surface area contributed by atoms with E-state index in [1.807, 2.05) is 11.3 Å². The Morgan fingerprint density at radius 2 is 2.11 bits per heavy atom. The number of nitrogens with zero attached hydrogens (tertiary/aromatic N) is 1. The Hall–Kier alpha value is -0.450. The van der Waals surface area contributed by atoms with Gasteiger partial charge in [0.05, 0.1) is 11.7 Å². The van der Waals surface area contributed by atoms with Gasteiger partial charge in [0.2, 0.25) is 0 Å². The number of rotatable bonds is 4. The van der Waals surface area contributed by atoms with Crippen LogP contribution in [0.25, 0.3) is 0 Å². The minimum Gasteiger partial charge on any atom is -0.381 e. The van der Waals surface area contributed by atoms with Gasteiger partial charge in [-0.25, -0.2) is 4.98 Å². The van der Waals surface area contributed by atoms with Gasteiger partial charge in [0.15, 0.2) is 0 Å². The molecule has 0 spiro atoms. The lowest BCUT2D eigenvalue weighted by Crippen LogP contribution is -2.32. The van der Waals surface area contributed by atoms with Crippen molar-refractivity contribution in [1.82, 2.24) is 10.3 Å². The molecule has 0 saturated carbocycles. The SMILES string of the molecule is CCNC(c1nc2c(s1)CCCC2)C1CCOCC1. The number of nitrogens with one attached hydrogen (secondary N) is 1. The fourth-order valence-electron chi connectivity index (χ4n) is 3.23. The molecule has 1 N–H and O–H groups in total. The van der Waals surface area contributed by atoms with Crippen molar-refractivity contribution in [2.45, 2.75) is 51.5 Å². The molecule has 19 heavy (non-hydrogen) atoms. The molecule has 106 valence electrons. The molecule has 1 aromatic heterocycles. The van der Waals surface area contributed by atoms with Gasteiger partial charge in [0, 0.05) is 18.1 Å². The highest BCUT2D eigenvalue weighted by atomic mass is 32.1. The topological polar surface area (TPSA) is 34.2 Å². The highest BCUT2D eigenvalue weighted by molar-refractivity contribution is 7.11. The van der Waals surface area contributed by atoms with Gasteiger partial charge in [-0.2, -0.15) is 0 Å². The average molecular weight is 280 g/mol. The van der Waals surface area contributed by atoms with E-state index < -0.39 is 0 Å². The van der Waals surface area contributed by atoms with Crippen LogP contribution in [0.4, 0.5) is 0 Å². The molecule has 1 saturated heterocycles. The third-order valence-corrected chi connectivity index (χ3v) is 5.53. The summed E-state index contributed by atoms with van der Waals surface area (Å²) in [6.07, 6.45) is 7.44. The maximum absolute atomic E-state index is 5.50. The molecule has 4 heteroatoms. The van der Waals surface area contributed by atoms with Crippen molar-refractivity contribution in [2.75, 3.05) is 19.8 Å². The fraction of sp³-hybridized carbons (Fsp3) is 0.800. The van der Waals surface area contributed by atoms with E-state index in [-0.39, 0.29) is 0 Å². The van der Waals surface area contributed by atoms with Crippen LogP contribution in [-0.4, -0.2) is 24.7 Å². The number of thiazole rings is 1. The zero-order valence-corrected chi connectivity index (χ0v) is 12.6. The molecule has 0 radical (unpaired) electrons. The maximum atomic E-state index is 5.50. The minimum atomic E-state index is 0.449. The smallest absolute Gasteiger partial charge is 0.110 e. The molecule has 0 bridgehead atoms. The van der Waals surface area contributed by atoms with Crippen LogP contribution in [0.1, 0.15) is 54.2 Å². The van der Waals surface area contributed by atoms with Crippen LogP contribution in [0, 0.1) is 5.92 Å². The third kappa shape index (κ3) is 3.01. The first-order valence-electron chi connectivity index (χ1n) is 7.68. The first-order valence-corrected chi connectivity index (χ1v) is 8.49. The summed E-state index contributed by atoms with van der Waals surface area (Å²) in [4.78, 5) is 6.51. The largest absolute Gasteiger partial charge is 0.381 e. The second-order valence-corrected chi connectivity index (χ2v) is 6.73. The van der Waals surface area contributed by atoms with E-state index in [0.717, 1.165) is 19.8 Å². The second-order valence-electron chi connectivity index (χ2n) is 5.61. The Morgan fingerprint density at radius 3 is 2.84 bits per heavy atom. The highest BCUT2D eigenvalue weighted by Crippen LogP contribution is 2.35. The molecule has 1 fully saturated rings. The van der Waals surface area contributed by atoms with E-state index in [0.29, 0.717) is 12.0 Å². The fourth-order valence-corrected chi connectivity index (χ4v) is 4.55. The summed E-state index contributed by atoms with van der Waals surface area (Å²) in [5.41, 5.74) is 1.39. The molecule has 1 aromatic rings. The Balaban J connectivity index is 1.80. The molecule has 3 rings (SSSR count). The van der Waals surface area contributed by atoms with E-state index >= 15 is 0 Å². The Kier molecular flexibility index (Phi) is 4.51. The molecule has 3 nitrogen and oxygen atoms in total. The maximum Gasteiger partial charge on any atom is 0.110 e. The van der Waals surface area contributed by atoms with Crippen molar-refractivity contribution >= 4 is 11.3 Å². The summed E-state index contributed by atoms with van der Waals surface area (Å²) >= 11 is 1.96. The van der Waals surface area contributed by atoms with Crippen LogP contribution in [0.15, 0.2) is 0 Å². The van der Waals surface area contributed by atoms with E-state index in [4.69, 9.17) is 9.72 Å². The number of aromatic nitrogens is 1. The molecule has 1 aliphatic carbocycles. The lowest BCUT2D eigenvalue weighted by atomic mass is 9.92. The van der Waals surface area contributed by atoms with Gasteiger partial charge in [-0.05, 0) is 51.0 Å². The van der Waals surface area contributed by atoms with Crippen LogP contribution < -0.4 is 5.32 Å². The molecule has 2 heterocycles. The van der Waals surface area contributed by atoms with Crippen molar-refractivity contribution in [2.24, 2.45) is 5.92 Å². The summed E-state index contributed by atoms with van der Waals surface area (Å²) in [7, 11) is 0. The number of fused-ring (bicyclic) bond motifs is 1. The molecular formula is C15H24N2OS. The lowest BCUT2D eigenvalue weighted by molar-refractivity contribution is 0.0538. The van der Waals surface area contributed by atoms with Crippen LogP contribution in [0.5, 0.6) is 0 Å². The zero-order chi connectivity index (χ0) is 13.1. The summed E-state index contributed by atoms with van der Waals surface area (Å²) in [6, 6.07) is 0.449. The number of hydrogen-bond acceptors (Lipinski definition) is 4. The number of aryl methyl sites for hydroxylation is 2. The zero-order valence-electron chi connectivity index (χ0n) is 11.8. The molecule has 0 amide bonds. The van der Waals surface area contributed by atoms with E-state index in [1.165, 1.54) is 49.2 Å². The first-order chi connectivity index (χ1) is 9.38. The third-order valence-electron chi connectivity index (χ3n) is 4.29. The van der Waals surface area contributed by atoms with Crippen molar-refractivity contribution in [1.29, 1.82) is 0 Å². The average Bonchev–Trinajstić information content (AvgIpc) is 2.89. The number of ether oxygens (including phenoxy) is 1. The van der Waals surface area contributed by atoms with Gasteiger partial charge >= 0.3 is 0 Å². The Bertz CT molecular complexity index is 389. The van der Waals surface area contributed by atoms with Crippen molar-refractivity contribution in [3.05, 3.63) is 15.6 Å². The normalized spacial score (nSPS) is 22.2. The van der Waals surface area contributed by atoms with Crippen LogP contribution in [0.2, 0.25) is 0 Å². The molecule has 1 unspecified atom stereocenters. The van der Waals surface area contributed by atoms with E-state index in [2.05, 4.69) is 12.2 Å². The predicted molar refractivity (Wildman–Crippen MR) is 78.7 cm³/mol. The Morgan fingerprint density at radius 1 is 1.32 bits per heavy atom. The van der Waals surface area contributed by atoms with Crippen molar-refractivity contribution < 1.29 is 4.74 Å². The quantitative estimate of drug-likeness (QED) is 0.920. The van der Waals surface area contributed by atoms with Gasteiger partial charge in [-0.3, -0.25) is 0 Å². The lowest BCUT2D eigenvalue weighted by Gasteiger charge is -2.29. The highest BCUT2D eigenvalue weighted by Gasteiger charge is 2.28. The van der Waals surface area contributed by atoms with Crippen LogP contribution in [-0.2, 0) is 17.6 Å². The van der Waals surface area contributed by atoms with Crippen LogP contribution in [0.3, 0.4) is 0 Å². The van der Waals surface area contributed by atoms with Gasteiger partial charge in [-0.15, -0.1) is 11.3 Å². The Labute approximate surface area is 119 Å². The van der Waals surface area contributed by atoms with E-state index in [1.54, 1.807) is 4.88 Å². The molecular weight excluding hydrogens is 256 g/mol. The van der Waals surface area contributed by atoms with Gasteiger partial charge in [-0.1, -0.05) is 6.92 Å². The minimum absolute atomic E-state index is 0.449. The standard InChI is InChI=1S/C15H24N2OS/c1-2-16-14(11-7-9-18-10-8-11)15-17-12-5-3-4-6-13(12)19-15/h11,14,16H,2-10H2,1H3. The second kappa shape index (κ2) is 6.33. The summed E-state index contributed by atoms with van der Waals surface area (Å²) < 4.78 is 5.50. The summed E-state index contributed by atoms with van der Waals surface area (Å²) in [5.74, 6) is 0.696. The molecule has 1 atom stereocenters. The summed E-state index contributed by atoms with van der Waals surface area (Å²) in [6.45, 7) is 5.04. The van der Waals surface area contributed by atoms with Gasteiger partial charge < -0.3 is 10.1 Å². The van der Waals surface area contributed by atoms with Gasteiger partial charge in [0.25, 0.3) is 0 Å². The number of hydrogen-bond donors (Lipinski definition) is 1.